The highest BCUT2D eigenvalue weighted by Gasteiger charge is 2.13. The Labute approximate surface area is 110 Å². The Hall–Kier alpha value is -2.63. The largest absolute Gasteiger partial charge is 0.426 e. The fourth-order valence-corrected chi connectivity index (χ4v) is 1.28. The van der Waals surface area contributed by atoms with E-state index in [1.165, 1.54) is 25.1 Å². The Bertz CT molecular complexity index is 564. The molecule has 0 unspecified atom stereocenters. The van der Waals surface area contributed by atoms with Gasteiger partial charge in [-0.25, -0.2) is 0 Å². The van der Waals surface area contributed by atoms with Gasteiger partial charge in [0.2, 0.25) is 0 Å². The van der Waals surface area contributed by atoms with Crippen molar-refractivity contribution in [2.75, 3.05) is 5.32 Å². The molecule has 0 aliphatic heterocycles. The van der Waals surface area contributed by atoms with Crippen LogP contribution in [0.4, 0.5) is 5.69 Å². The van der Waals surface area contributed by atoms with Crippen LogP contribution in [-0.4, -0.2) is 17.8 Å². The molecule has 0 saturated heterocycles. The first-order valence-corrected chi connectivity index (χ1v) is 5.40. The summed E-state index contributed by atoms with van der Waals surface area (Å²) in [5.41, 5.74) is 5.88. The summed E-state index contributed by atoms with van der Waals surface area (Å²) in [6.07, 6.45) is 0. The second kappa shape index (κ2) is 5.81. The van der Waals surface area contributed by atoms with Gasteiger partial charge in [-0.2, -0.15) is 0 Å². The van der Waals surface area contributed by atoms with E-state index in [2.05, 4.69) is 11.9 Å². The average molecular weight is 262 g/mol. The number of esters is 1. The van der Waals surface area contributed by atoms with Crippen LogP contribution in [0.2, 0.25) is 0 Å². The standard InChI is InChI=1S/C13H14N2O4/c1-7(2)13(18)15-9-4-5-11(19-8(3)16)10(6-9)12(14)17/h4-6H,1H2,2-3H3,(H2,14,17)(H,15,18). The summed E-state index contributed by atoms with van der Waals surface area (Å²) in [5, 5.41) is 2.53. The third-order valence-corrected chi connectivity index (χ3v) is 2.14. The molecular formula is C13H14N2O4. The minimum absolute atomic E-state index is 0.00900. The molecule has 0 atom stereocenters. The van der Waals surface area contributed by atoms with E-state index in [1.807, 2.05) is 0 Å². The van der Waals surface area contributed by atoms with Gasteiger partial charge in [0.15, 0.2) is 0 Å². The van der Waals surface area contributed by atoms with Crippen LogP contribution in [0, 0.1) is 0 Å². The van der Waals surface area contributed by atoms with Crippen LogP contribution in [0.3, 0.4) is 0 Å². The summed E-state index contributed by atoms with van der Waals surface area (Å²) in [4.78, 5) is 33.6. The predicted octanol–water partition coefficient (Wildman–Crippen LogP) is 1.23. The van der Waals surface area contributed by atoms with Crippen LogP contribution in [-0.2, 0) is 9.59 Å². The lowest BCUT2D eigenvalue weighted by molar-refractivity contribution is -0.131. The lowest BCUT2D eigenvalue weighted by atomic mass is 10.1. The number of nitrogens with two attached hydrogens (primary N) is 1. The highest BCUT2D eigenvalue weighted by molar-refractivity contribution is 6.04. The third-order valence-electron chi connectivity index (χ3n) is 2.14. The normalized spacial score (nSPS) is 9.58. The minimum atomic E-state index is -0.761. The van der Waals surface area contributed by atoms with Crippen LogP contribution < -0.4 is 15.8 Å². The summed E-state index contributed by atoms with van der Waals surface area (Å²) in [6, 6.07) is 4.21. The number of anilines is 1. The van der Waals surface area contributed by atoms with E-state index < -0.39 is 11.9 Å². The summed E-state index contributed by atoms with van der Waals surface area (Å²) in [7, 11) is 0. The second-order valence-corrected chi connectivity index (χ2v) is 3.90. The molecule has 19 heavy (non-hydrogen) atoms. The Morgan fingerprint density at radius 3 is 2.37 bits per heavy atom. The van der Waals surface area contributed by atoms with Gasteiger partial charge in [0.1, 0.15) is 5.75 Å². The number of carbonyl (C=O) groups excluding carboxylic acids is 3. The summed E-state index contributed by atoms with van der Waals surface area (Å²) >= 11 is 0. The monoisotopic (exact) mass is 262 g/mol. The lowest BCUT2D eigenvalue weighted by Gasteiger charge is -2.10. The molecule has 0 aliphatic carbocycles. The molecule has 6 nitrogen and oxygen atoms in total. The Morgan fingerprint density at radius 1 is 1.26 bits per heavy atom. The Balaban J connectivity index is 3.09. The van der Waals surface area contributed by atoms with E-state index in [-0.39, 0.29) is 17.2 Å². The van der Waals surface area contributed by atoms with E-state index in [0.717, 1.165) is 0 Å². The Kier molecular flexibility index (Phi) is 4.41. The molecule has 1 aromatic rings. The Morgan fingerprint density at radius 2 is 1.89 bits per heavy atom. The third kappa shape index (κ3) is 3.95. The molecule has 0 saturated carbocycles. The van der Waals surface area contributed by atoms with E-state index in [4.69, 9.17) is 10.5 Å². The van der Waals surface area contributed by atoms with Crippen molar-refractivity contribution >= 4 is 23.5 Å². The van der Waals surface area contributed by atoms with Crippen molar-refractivity contribution < 1.29 is 19.1 Å². The zero-order chi connectivity index (χ0) is 14.6. The summed E-state index contributed by atoms with van der Waals surface area (Å²) in [6.45, 7) is 6.26. The lowest BCUT2D eigenvalue weighted by Crippen LogP contribution is -2.16. The molecule has 0 bridgehead atoms. The van der Waals surface area contributed by atoms with Gasteiger partial charge >= 0.3 is 5.97 Å². The van der Waals surface area contributed by atoms with Crippen molar-refractivity contribution in [1.82, 2.24) is 0 Å². The number of hydrogen-bond donors (Lipinski definition) is 2. The average Bonchev–Trinajstić information content (AvgIpc) is 2.29. The number of ether oxygens (including phenoxy) is 1. The highest BCUT2D eigenvalue weighted by Crippen LogP contribution is 2.23. The maximum atomic E-state index is 11.4. The van der Waals surface area contributed by atoms with Gasteiger partial charge in [-0.15, -0.1) is 0 Å². The molecule has 0 aliphatic rings. The quantitative estimate of drug-likeness (QED) is 0.484. The first-order chi connectivity index (χ1) is 8.81. The molecule has 0 aromatic heterocycles. The van der Waals surface area contributed by atoms with Crippen LogP contribution in [0.5, 0.6) is 5.75 Å². The van der Waals surface area contributed by atoms with E-state index in [1.54, 1.807) is 6.92 Å². The van der Waals surface area contributed by atoms with Crippen molar-refractivity contribution in [1.29, 1.82) is 0 Å². The number of hydrogen-bond acceptors (Lipinski definition) is 4. The van der Waals surface area contributed by atoms with Crippen molar-refractivity contribution in [3.8, 4) is 5.75 Å². The van der Waals surface area contributed by atoms with Gasteiger partial charge in [0.25, 0.3) is 11.8 Å². The first-order valence-electron chi connectivity index (χ1n) is 5.40. The minimum Gasteiger partial charge on any atom is -0.426 e. The van der Waals surface area contributed by atoms with Gasteiger partial charge in [-0.1, -0.05) is 6.58 Å². The molecule has 1 rings (SSSR count). The second-order valence-electron chi connectivity index (χ2n) is 3.90. The number of amides is 2. The van der Waals surface area contributed by atoms with E-state index >= 15 is 0 Å². The topological polar surface area (TPSA) is 98.5 Å². The van der Waals surface area contributed by atoms with Crippen molar-refractivity contribution in [3.05, 3.63) is 35.9 Å². The molecule has 3 N–H and O–H groups in total. The molecule has 0 spiro atoms. The van der Waals surface area contributed by atoms with Crippen molar-refractivity contribution in [3.63, 3.8) is 0 Å². The van der Waals surface area contributed by atoms with Crippen LogP contribution >= 0.6 is 0 Å². The molecule has 2 amide bonds. The summed E-state index contributed by atoms with van der Waals surface area (Å²) in [5.74, 6) is -1.66. The number of benzene rings is 1. The van der Waals surface area contributed by atoms with Crippen molar-refractivity contribution in [2.45, 2.75) is 13.8 Å². The summed E-state index contributed by atoms with van der Waals surface area (Å²) < 4.78 is 4.84. The van der Waals surface area contributed by atoms with Crippen LogP contribution in [0.1, 0.15) is 24.2 Å². The van der Waals surface area contributed by atoms with Crippen LogP contribution in [0.25, 0.3) is 0 Å². The van der Waals surface area contributed by atoms with Gasteiger partial charge in [-0.05, 0) is 25.1 Å². The SMILES string of the molecule is C=C(C)C(=O)Nc1ccc(OC(C)=O)c(C(N)=O)c1. The number of primary amides is 1. The molecular weight excluding hydrogens is 248 g/mol. The van der Waals surface area contributed by atoms with E-state index in [0.29, 0.717) is 11.3 Å². The molecule has 100 valence electrons. The number of rotatable bonds is 4. The maximum absolute atomic E-state index is 11.4. The fraction of sp³-hybridized carbons (Fsp3) is 0.154. The van der Waals surface area contributed by atoms with Gasteiger partial charge in [0, 0.05) is 18.2 Å². The first kappa shape index (κ1) is 14.4. The smallest absolute Gasteiger partial charge is 0.308 e. The van der Waals surface area contributed by atoms with Gasteiger partial charge in [0.05, 0.1) is 5.56 Å². The van der Waals surface area contributed by atoms with Gasteiger partial charge in [-0.3, -0.25) is 14.4 Å². The molecule has 0 fully saturated rings. The molecule has 0 radical (unpaired) electrons. The molecule has 6 heteroatoms. The fourth-order valence-electron chi connectivity index (χ4n) is 1.28. The maximum Gasteiger partial charge on any atom is 0.308 e. The van der Waals surface area contributed by atoms with Gasteiger partial charge < -0.3 is 15.8 Å². The van der Waals surface area contributed by atoms with E-state index in [9.17, 15) is 14.4 Å². The predicted molar refractivity (Wildman–Crippen MR) is 69.7 cm³/mol. The van der Waals surface area contributed by atoms with Crippen LogP contribution in [0.15, 0.2) is 30.4 Å². The zero-order valence-electron chi connectivity index (χ0n) is 10.6. The highest BCUT2D eigenvalue weighted by atomic mass is 16.5. The number of nitrogens with one attached hydrogen (secondary N) is 1. The molecule has 0 heterocycles. The number of carbonyl (C=O) groups is 3. The van der Waals surface area contributed by atoms with Crippen molar-refractivity contribution in [2.24, 2.45) is 5.73 Å². The zero-order valence-corrected chi connectivity index (χ0v) is 10.6. The molecule has 1 aromatic carbocycles.